The van der Waals surface area contributed by atoms with Gasteiger partial charge in [-0.05, 0) is 44.4 Å². The Morgan fingerprint density at radius 3 is 2.16 bits per heavy atom. The van der Waals surface area contributed by atoms with E-state index in [4.69, 9.17) is 0 Å². The number of sulfonamides is 1. The lowest BCUT2D eigenvalue weighted by Crippen LogP contribution is -2.46. The number of halogens is 3. The van der Waals surface area contributed by atoms with Crippen molar-refractivity contribution < 1.29 is 31.1 Å². The van der Waals surface area contributed by atoms with Gasteiger partial charge in [-0.1, -0.05) is 48.5 Å². The van der Waals surface area contributed by atoms with Gasteiger partial charge >= 0.3 is 6.36 Å². The van der Waals surface area contributed by atoms with E-state index in [0.717, 1.165) is 4.31 Å². The highest BCUT2D eigenvalue weighted by Gasteiger charge is 2.49. The second-order valence-corrected chi connectivity index (χ2v) is 9.87. The molecular formula is C22H23F3N2O4S. The van der Waals surface area contributed by atoms with Gasteiger partial charge in [-0.3, -0.25) is 4.79 Å². The van der Waals surface area contributed by atoms with Crippen molar-refractivity contribution in [3.8, 4) is 5.75 Å². The summed E-state index contributed by atoms with van der Waals surface area (Å²) in [6, 6.07) is 13.9. The molecule has 0 saturated carbocycles. The summed E-state index contributed by atoms with van der Waals surface area (Å²) in [4.78, 5) is 12.9. The average Bonchev–Trinajstić information content (AvgIpc) is 2.87. The van der Waals surface area contributed by atoms with Crippen molar-refractivity contribution in [2.45, 2.75) is 39.1 Å². The average molecular weight is 468 g/mol. The molecule has 0 unspecified atom stereocenters. The van der Waals surface area contributed by atoms with Gasteiger partial charge in [-0.15, -0.1) is 13.2 Å². The molecule has 6 nitrogen and oxygen atoms in total. The molecule has 32 heavy (non-hydrogen) atoms. The number of nitrogens with zero attached hydrogens (tertiary/aromatic N) is 1. The van der Waals surface area contributed by atoms with Crippen molar-refractivity contribution in [2.75, 3.05) is 6.54 Å². The summed E-state index contributed by atoms with van der Waals surface area (Å²) < 4.78 is 69.4. The highest BCUT2D eigenvalue weighted by Crippen LogP contribution is 2.38. The van der Waals surface area contributed by atoms with Crippen LogP contribution in [0.25, 0.3) is 4.91 Å². The molecule has 1 amide bonds. The Morgan fingerprint density at radius 1 is 0.969 bits per heavy atom. The molecule has 0 radical (unpaired) electrons. The second kappa shape index (κ2) is 8.50. The molecule has 2 aromatic carbocycles. The van der Waals surface area contributed by atoms with E-state index >= 15 is 0 Å². The van der Waals surface area contributed by atoms with Crippen LogP contribution in [0.2, 0.25) is 0 Å². The fourth-order valence-corrected chi connectivity index (χ4v) is 5.55. The van der Waals surface area contributed by atoms with Crippen molar-refractivity contribution in [3.05, 3.63) is 71.4 Å². The number of benzene rings is 2. The van der Waals surface area contributed by atoms with E-state index in [1.807, 2.05) is 0 Å². The van der Waals surface area contributed by atoms with E-state index in [0.29, 0.717) is 5.56 Å². The van der Waals surface area contributed by atoms with Crippen LogP contribution in [0.15, 0.2) is 60.3 Å². The molecule has 1 aliphatic heterocycles. The number of rotatable bonds is 6. The van der Waals surface area contributed by atoms with Gasteiger partial charge < -0.3 is 10.1 Å². The summed E-state index contributed by atoms with van der Waals surface area (Å²) in [7, 11) is -4.14. The van der Waals surface area contributed by atoms with Crippen LogP contribution < -0.4 is 10.1 Å². The molecule has 172 valence electrons. The van der Waals surface area contributed by atoms with Gasteiger partial charge in [0.05, 0.1) is 5.54 Å². The molecule has 3 rings (SSSR count). The number of carbonyl (C=O) groups is 1. The predicted octanol–water partition coefficient (Wildman–Crippen LogP) is 4.06. The van der Waals surface area contributed by atoms with E-state index in [-0.39, 0.29) is 34.9 Å². The lowest BCUT2D eigenvalue weighted by atomic mass is 10.1. The first-order chi connectivity index (χ1) is 14.8. The van der Waals surface area contributed by atoms with E-state index in [9.17, 15) is 26.4 Å². The molecule has 0 bridgehead atoms. The second-order valence-electron chi connectivity index (χ2n) is 8.15. The van der Waals surface area contributed by atoms with Crippen molar-refractivity contribution in [2.24, 2.45) is 0 Å². The Balaban J connectivity index is 1.93. The molecule has 1 N–H and O–H groups in total. The number of nitrogens with one attached hydrogen (secondary N) is 1. The van der Waals surface area contributed by atoms with Gasteiger partial charge in [0.1, 0.15) is 16.4 Å². The highest BCUT2D eigenvalue weighted by molar-refractivity contribution is 7.99. The quantitative estimate of drug-likeness (QED) is 0.692. The van der Waals surface area contributed by atoms with E-state index in [2.05, 4.69) is 10.1 Å². The lowest BCUT2D eigenvalue weighted by molar-refractivity contribution is -0.274. The molecule has 10 heteroatoms. The number of alkyl halides is 3. The summed E-state index contributed by atoms with van der Waals surface area (Å²) in [6.07, 6.45) is -4.77. The van der Waals surface area contributed by atoms with Gasteiger partial charge in [0.15, 0.2) is 0 Å². The molecule has 0 atom stereocenters. The molecule has 0 aliphatic carbocycles. The number of hydrogen-bond donors (Lipinski definition) is 1. The Labute approximate surface area is 184 Å². The van der Waals surface area contributed by atoms with Crippen LogP contribution in [0.1, 0.15) is 31.9 Å². The smallest absolute Gasteiger partial charge is 0.406 e. The largest absolute Gasteiger partial charge is 0.573 e. The number of ether oxygens (including phenoxy) is 1. The summed E-state index contributed by atoms with van der Waals surface area (Å²) >= 11 is 0. The van der Waals surface area contributed by atoms with Crippen LogP contribution in [-0.4, -0.2) is 37.1 Å². The van der Waals surface area contributed by atoms with Crippen molar-refractivity contribution in [3.63, 3.8) is 0 Å². The minimum absolute atomic E-state index is 0.0170. The van der Waals surface area contributed by atoms with Crippen LogP contribution in [-0.2, 0) is 21.2 Å². The van der Waals surface area contributed by atoms with Gasteiger partial charge in [-0.2, -0.15) is 0 Å². The van der Waals surface area contributed by atoms with Crippen LogP contribution in [0.5, 0.6) is 5.75 Å². The summed E-state index contributed by atoms with van der Waals surface area (Å²) in [5, 5.41) is 2.85. The molecule has 2 aromatic rings. The first-order valence-electron chi connectivity index (χ1n) is 9.79. The number of amides is 1. The third kappa shape index (κ3) is 4.90. The van der Waals surface area contributed by atoms with Crippen molar-refractivity contribution in [1.29, 1.82) is 0 Å². The Kier molecular flexibility index (Phi) is 6.28. The van der Waals surface area contributed by atoms with Crippen LogP contribution in [0, 0.1) is 0 Å². The summed E-state index contributed by atoms with van der Waals surface area (Å²) in [5.41, 5.74) is -0.511. The molecule has 1 heterocycles. The summed E-state index contributed by atoms with van der Waals surface area (Å²) in [5.74, 6) is -1.06. The zero-order valence-corrected chi connectivity index (χ0v) is 18.5. The zero-order valence-electron chi connectivity index (χ0n) is 17.7. The number of hydrogen-bond acceptors (Lipinski definition) is 5. The molecule has 0 spiro atoms. The monoisotopic (exact) mass is 468 g/mol. The lowest BCUT2D eigenvalue weighted by Gasteiger charge is -2.30. The van der Waals surface area contributed by atoms with Crippen molar-refractivity contribution >= 4 is 20.8 Å². The standard InChI is InChI=1S/C22H23F3N2O4S/c1-21(2,3)27-20(28)18(19(32(27,29)30)16-10-5-4-6-11-16)26-14-13-15-9-7-8-12-17(15)31-22(23,24)25/h4-12,26H,13-14H2,1-3H3. The minimum atomic E-state index is -4.84. The van der Waals surface area contributed by atoms with Crippen LogP contribution in [0.3, 0.4) is 0 Å². The maximum atomic E-state index is 13.3. The SMILES string of the molecule is CC(C)(C)N1C(=O)C(NCCc2ccccc2OC(F)(F)F)=C(c2ccccc2)S1(=O)=O. The predicted molar refractivity (Wildman–Crippen MR) is 114 cm³/mol. The van der Waals surface area contributed by atoms with E-state index in [1.165, 1.54) is 18.2 Å². The minimum Gasteiger partial charge on any atom is -0.406 e. The third-order valence-electron chi connectivity index (χ3n) is 4.66. The Bertz CT molecular complexity index is 1140. The summed E-state index contributed by atoms with van der Waals surface area (Å²) in [6.45, 7) is 4.85. The molecule has 1 aliphatic rings. The fourth-order valence-electron chi connectivity index (χ4n) is 3.49. The Morgan fingerprint density at radius 2 is 1.56 bits per heavy atom. The normalized spacial score (nSPS) is 16.4. The zero-order chi connectivity index (χ0) is 23.7. The number of para-hydroxylation sites is 1. The van der Waals surface area contributed by atoms with Crippen molar-refractivity contribution in [1.82, 2.24) is 9.62 Å². The molecule has 0 fully saturated rings. The molecule has 0 aromatic heterocycles. The van der Waals surface area contributed by atoms with Gasteiger partial charge in [0.25, 0.3) is 15.9 Å². The van der Waals surface area contributed by atoms with E-state index < -0.39 is 27.8 Å². The third-order valence-corrected chi connectivity index (χ3v) is 6.81. The molecular weight excluding hydrogens is 445 g/mol. The maximum Gasteiger partial charge on any atom is 0.573 e. The van der Waals surface area contributed by atoms with Gasteiger partial charge in [0.2, 0.25) is 0 Å². The molecule has 0 saturated heterocycles. The fraction of sp³-hybridized carbons (Fsp3) is 0.318. The Hall–Kier alpha value is -3.01. The van der Waals surface area contributed by atoms with E-state index in [1.54, 1.807) is 57.2 Å². The first-order valence-corrected chi connectivity index (χ1v) is 11.2. The maximum absolute atomic E-state index is 13.3. The topological polar surface area (TPSA) is 75.7 Å². The van der Waals surface area contributed by atoms with Crippen LogP contribution in [0.4, 0.5) is 13.2 Å². The number of carbonyl (C=O) groups excluding carboxylic acids is 1. The first kappa shape index (κ1) is 23.6. The highest BCUT2D eigenvalue weighted by atomic mass is 32.2. The van der Waals surface area contributed by atoms with Crippen LogP contribution >= 0.6 is 0 Å². The van der Waals surface area contributed by atoms with Gasteiger partial charge in [-0.25, -0.2) is 12.7 Å². The van der Waals surface area contributed by atoms with Gasteiger partial charge in [0, 0.05) is 6.54 Å².